The lowest BCUT2D eigenvalue weighted by molar-refractivity contribution is 0.601. The molecular weight excluding hydrogens is 188 g/mol. The number of nitrogens with two attached hydrogens (primary N) is 1. The molecule has 2 aromatic rings. The third kappa shape index (κ3) is 1.04. The van der Waals surface area contributed by atoms with E-state index in [1.807, 2.05) is 6.07 Å². The number of fused-ring (bicyclic) bond motifs is 1. The van der Waals surface area contributed by atoms with Crippen molar-refractivity contribution in [2.75, 3.05) is 5.73 Å². The second-order valence-corrected chi connectivity index (χ2v) is 2.98. The molecule has 1 aromatic heterocycles. The van der Waals surface area contributed by atoms with Gasteiger partial charge < -0.3 is 10.2 Å². The Morgan fingerprint density at radius 2 is 2.23 bits per heavy atom. The van der Waals surface area contributed by atoms with Crippen LogP contribution >= 0.6 is 11.6 Å². The molecule has 0 aliphatic carbocycles. The van der Waals surface area contributed by atoms with E-state index < -0.39 is 0 Å². The summed E-state index contributed by atoms with van der Waals surface area (Å²) in [5.74, 6) is 0.114. The molecule has 0 radical (unpaired) electrons. The highest BCUT2D eigenvalue weighted by Crippen LogP contribution is 2.32. The number of rotatable bonds is 0. The lowest BCUT2D eigenvalue weighted by Gasteiger charge is -1.89. The van der Waals surface area contributed by atoms with Crippen LogP contribution in [0.5, 0.6) is 0 Å². The lowest BCUT2D eigenvalue weighted by atomic mass is 10.2. The first-order valence-electron chi connectivity index (χ1n) is 3.60. The van der Waals surface area contributed by atoms with Crippen LogP contribution in [-0.4, -0.2) is 0 Å². The van der Waals surface area contributed by atoms with E-state index in [0.717, 1.165) is 0 Å². The molecule has 1 aromatic carbocycles. The van der Waals surface area contributed by atoms with Crippen LogP contribution in [0.1, 0.15) is 5.76 Å². The summed E-state index contributed by atoms with van der Waals surface area (Å²) in [5.41, 5.74) is 6.46. The monoisotopic (exact) mass is 192 g/mol. The molecule has 64 valence electrons. The predicted molar refractivity (Wildman–Crippen MR) is 50.4 cm³/mol. The molecule has 1 heterocycles. The van der Waals surface area contributed by atoms with Crippen molar-refractivity contribution in [3.05, 3.63) is 29.0 Å². The molecule has 0 aliphatic rings. The smallest absolute Gasteiger partial charge is 0.227 e. The quantitative estimate of drug-likeness (QED) is 0.698. The molecule has 0 saturated heterocycles. The highest BCUT2D eigenvalue weighted by atomic mass is 35.5. The maximum atomic E-state index is 8.64. The van der Waals surface area contributed by atoms with Gasteiger partial charge in [0.05, 0.1) is 10.7 Å². The van der Waals surface area contributed by atoms with Gasteiger partial charge in [0.1, 0.15) is 6.07 Å². The first kappa shape index (κ1) is 7.96. The molecular formula is C9H5ClN2O. The third-order valence-corrected chi connectivity index (χ3v) is 2.11. The number of hydrogen-bond acceptors (Lipinski definition) is 3. The minimum Gasteiger partial charge on any atom is -0.442 e. The number of hydrogen-bond donors (Lipinski definition) is 1. The number of benzene rings is 1. The Labute approximate surface area is 79.3 Å². The van der Waals surface area contributed by atoms with Gasteiger partial charge in [-0.25, -0.2) is 0 Å². The average Bonchev–Trinajstić information content (AvgIpc) is 2.45. The zero-order valence-electron chi connectivity index (χ0n) is 6.54. The molecule has 13 heavy (non-hydrogen) atoms. The van der Waals surface area contributed by atoms with E-state index in [1.54, 1.807) is 18.2 Å². The van der Waals surface area contributed by atoms with Crippen molar-refractivity contribution in [1.29, 1.82) is 5.26 Å². The van der Waals surface area contributed by atoms with Crippen molar-refractivity contribution in [1.82, 2.24) is 0 Å². The van der Waals surface area contributed by atoms with Gasteiger partial charge in [-0.15, -0.1) is 0 Å². The fourth-order valence-corrected chi connectivity index (χ4v) is 1.40. The van der Waals surface area contributed by atoms with Gasteiger partial charge in [-0.05, 0) is 12.1 Å². The van der Waals surface area contributed by atoms with Gasteiger partial charge in [-0.3, -0.25) is 0 Å². The van der Waals surface area contributed by atoms with Crippen LogP contribution in [0.15, 0.2) is 22.6 Å². The molecule has 0 spiro atoms. The first-order valence-corrected chi connectivity index (χ1v) is 3.98. The van der Waals surface area contributed by atoms with Gasteiger partial charge in [0.15, 0.2) is 5.58 Å². The number of halogens is 1. The van der Waals surface area contributed by atoms with Crippen molar-refractivity contribution in [2.24, 2.45) is 0 Å². The normalized spacial score (nSPS) is 10.2. The average molecular weight is 193 g/mol. The van der Waals surface area contributed by atoms with E-state index in [0.29, 0.717) is 21.7 Å². The third-order valence-electron chi connectivity index (χ3n) is 1.81. The summed E-state index contributed by atoms with van der Waals surface area (Å²) < 4.78 is 5.16. The second-order valence-electron chi connectivity index (χ2n) is 2.57. The Hall–Kier alpha value is -1.66. The van der Waals surface area contributed by atoms with E-state index in [-0.39, 0.29) is 5.76 Å². The van der Waals surface area contributed by atoms with Crippen molar-refractivity contribution in [3.63, 3.8) is 0 Å². The number of nitrogens with zero attached hydrogens (tertiary/aromatic N) is 1. The van der Waals surface area contributed by atoms with E-state index in [9.17, 15) is 0 Å². The van der Waals surface area contributed by atoms with Gasteiger partial charge >= 0.3 is 0 Å². The summed E-state index contributed by atoms with van der Waals surface area (Å²) >= 11 is 5.84. The molecule has 0 amide bonds. The Bertz CT molecular complexity index is 510. The van der Waals surface area contributed by atoms with Crippen molar-refractivity contribution in [2.45, 2.75) is 0 Å². The summed E-state index contributed by atoms with van der Waals surface area (Å²) in [7, 11) is 0. The van der Waals surface area contributed by atoms with E-state index >= 15 is 0 Å². The minimum absolute atomic E-state index is 0.114. The van der Waals surface area contributed by atoms with Crippen LogP contribution in [0, 0.1) is 11.3 Å². The van der Waals surface area contributed by atoms with Crippen LogP contribution in [0.4, 0.5) is 5.69 Å². The Morgan fingerprint density at radius 3 is 2.85 bits per heavy atom. The highest BCUT2D eigenvalue weighted by molar-refractivity contribution is 6.35. The Morgan fingerprint density at radius 1 is 1.46 bits per heavy atom. The van der Waals surface area contributed by atoms with E-state index in [2.05, 4.69) is 0 Å². The molecule has 0 atom stereocenters. The standard InChI is InChI=1S/C9H5ClN2O/c10-6-3-1-2-5-8(12)7(4-11)13-9(5)6/h1-3H,12H2. The zero-order chi connectivity index (χ0) is 9.42. The fourth-order valence-electron chi connectivity index (χ4n) is 1.19. The number of anilines is 1. The molecule has 0 aliphatic heterocycles. The van der Waals surface area contributed by atoms with Crippen LogP contribution in [0.2, 0.25) is 5.02 Å². The molecule has 2 rings (SSSR count). The number of para-hydroxylation sites is 1. The summed E-state index contributed by atoms with van der Waals surface area (Å²) in [6.07, 6.45) is 0. The first-order chi connectivity index (χ1) is 6.24. The number of nitrogen functional groups attached to an aromatic ring is 1. The largest absolute Gasteiger partial charge is 0.442 e. The van der Waals surface area contributed by atoms with Crippen LogP contribution in [0.3, 0.4) is 0 Å². The van der Waals surface area contributed by atoms with Gasteiger partial charge in [0.25, 0.3) is 0 Å². The van der Waals surface area contributed by atoms with Crippen molar-refractivity contribution in [3.8, 4) is 6.07 Å². The van der Waals surface area contributed by atoms with Gasteiger partial charge in [0, 0.05) is 5.39 Å². The maximum Gasteiger partial charge on any atom is 0.227 e. The summed E-state index contributed by atoms with van der Waals surface area (Å²) in [5, 5.41) is 9.79. The fraction of sp³-hybridized carbons (Fsp3) is 0. The van der Waals surface area contributed by atoms with E-state index in [4.69, 9.17) is 27.0 Å². The maximum absolute atomic E-state index is 8.64. The van der Waals surface area contributed by atoms with Crippen LogP contribution in [0.25, 0.3) is 11.0 Å². The van der Waals surface area contributed by atoms with Gasteiger partial charge in [0.2, 0.25) is 5.76 Å². The number of nitriles is 1. The van der Waals surface area contributed by atoms with Gasteiger partial charge in [-0.2, -0.15) is 5.26 Å². The second kappa shape index (κ2) is 2.68. The predicted octanol–water partition coefficient (Wildman–Crippen LogP) is 2.54. The zero-order valence-corrected chi connectivity index (χ0v) is 7.30. The Balaban J connectivity index is 2.94. The molecule has 0 fully saturated rings. The molecule has 0 bridgehead atoms. The molecule has 0 saturated carbocycles. The minimum atomic E-state index is 0.114. The lowest BCUT2D eigenvalue weighted by Crippen LogP contribution is -1.84. The molecule has 2 N–H and O–H groups in total. The van der Waals surface area contributed by atoms with Crippen molar-refractivity contribution < 1.29 is 4.42 Å². The van der Waals surface area contributed by atoms with Gasteiger partial charge in [-0.1, -0.05) is 17.7 Å². The van der Waals surface area contributed by atoms with E-state index in [1.165, 1.54) is 0 Å². The SMILES string of the molecule is N#Cc1oc2c(Cl)cccc2c1N. The summed E-state index contributed by atoms with van der Waals surface area (Å²) in [6, 6.07) is 7.08. The molecule has 4 heteroatoms. The number of furan rings is 1. The van der Waals surface area contributed by atoms with Crippen molar-refractivity contribution >= 4 is 28.3 Å². The Kier molecular flexibility index (Phi) is 1.64. The summed E-state index contributed by atoms with van der Waals surface area (Å²) in [6.45, 7) is 0. The van der Waals surface area contributed by atoms with Crippen LogP contribution < -0.4 is 5.73 Å². The highest BCUT2D eigenvalue weighted by Gasteiger charge is 2.12. The van der Waals surface area contributed by atoms with Crippen LogP contribution in [-0.2, 0) is 0 Å². The topological polar surface area (TPSA) is 63.0 Å². The molecule has 3 nitrogen and oxygen atoms in total. The summed E-state index contributed by atoms with van der Waals surface area (Å²) in [4.78, 5) is 0. The molecule has 0 unspecified atom stereocenters.